The third kappa shape index (κ3) is 1.92. The zero-order valence-electron chi connectivity index (χ0n) is 7.91. The summed E-state index contributed by atoms with van der Waals surface area (Å²) in [5.41, 5.74) is 1.07. The molecule has 2 atom stereocenters. The van der Waals surface area contributed by atoms with Gasteiger partial charge in [-0.05, 0) is 24.6 Å². The molecule has 0 radical (unpaired) electrons. The molecule has 1 aliphatic heterocycles. The summed E-state index contributed by atoms with van der Waals surface area (Å²) in [7, 11) is 0. The Morgan fingerprint density at radius 2 is 2.14 bits per heavy atom. The molecule has 0 saturated carbocycles. The quantitative estimate of drug-likeness (QED) is 0.742. The van der Waals surface area contributed by atoms with Gasteiger partial charge in [0, 0.05) is 17.5 Å². The Balaban J connectivity index is 2.25. The number of hydrogen-bond donors (Lipinski definition) is 2. The molecule has 1 fully saturated rings. The van der Waals surface area contributed by atoms with Gasteiger partial charge in [-0.15, -0.1) is 0 Å². The number of rotatable bonds is 1. The van der Waals surface area contributed by atoms with Crippen LogP contribution in [0.3, 0.4) is 0 Å². The highest BCUT2D eigenvalue weighted by Crippen LogP contribution is 2.30. The van der Waals surface area contributed by atoms with Gasteiger partial charge in [0.05, 0.1) is 6.10 Å². The minimum atomic E-state index is -0.316. The lowest BCUT2D eigenvalue weighted by molar-refractivity contribution is 0.118. The van der Waals surface area contributed by atoms with Crippen molar-refractivity contribution in [3.8, 4) is 0 Å². The summed E-state index contributed by atoms with van der Waals surface area (Å²) in [6.45, 7) is 1.61. The molecule has 0 spiro atoms. The summed E-state index contributed by atoms with van der Waals surface area (Å²) in [6.07, 6.45) is 0.633. The van der Waals surface area contributed by atoms with E-state index < -0.39 is 0 Å². The molecule has 0 aliphatic carbocycles. The second kappa shape index (κ2) is 4.30. The molecular weight excluding hydrogens is 198 g/mol. The number of halogens is 1. The third-order valence-electron chi connectivity index (χ3n) is 2.75. The van der Waals surface area contributed by atoms with Gasteiger partial charge < -0.3 is 10.4 Å². The summed E-state index contributed by atoms with van der Waals surface area (Å²) >= 11 is 6.09. The number of β-amino-alcohol motifs (C(OH)–C–C–N with tert-alkyl or cyclic N) is 1. The van der Waals surface area contributed by atoms with Crippen molar-refractivity contribution in [2.45, 2.75) is 18.4 Å². The normalized spacial score (nSPS) is 27.6. The van der Waals surface area contributed by atoms with Gasteiger partial charge in [0.25, 0.3) is 0 Å². The van der Waals surface area contributed by atoms with Crippen molar-refractivity contribution in [1.82, 2.24) is 5.32 Å². The van der Waals surface area contributed by atoms with E-state index >= 15 is 0 Å². The van der Waals surface area contributed by atoms with Gasteiger partial charge in [-0.1, -0.05) is 29.8 Å². The number of hydrogen-bond acceptors (Lipinski definition) is 2. The number of aliphatic hydroxyl groups excluding tert-OH is 1. The summed E-state index contributed by atoms with van der Waals surface area (Å²) in [6, 6.07) is 7.77. The number of benzene rings is 1. The van der Waals surface area contributed by atoms with Crippen molar-refractivity contribution in [3.05, 3.63) is 34.9 Å². The molecule has 0 amide bonds. The Morgan fingerprint density at radius 3 is 2.86 bits per heavy atom. The average molecular weight is 212 g/mol. The van der Waals surface area contributed by atoms with Crippen LogP contribution in [-0.2, 0) is 0 Å². The molecule has 2 unspecified atom stereocenters. The first kappa shape index (κ1) is 9.97. The Bertz CT molecular complexity index is 316. The van der Waals surface area contributed by atoms with Crippen LogP contribution >= 0.6 is 11.6 Å². The standard InChI is InChI=1S/C11H14ClNO/c12-10-4-2-1-3-8(10)9-5-6-13-7-11(9)14/h1-4,9,11,13-14H,5-7H2. The van der Waals surface area contributed by atoms with Crippen LogP contribution in [-0.4, -0.2) is 24.3 Å². The minimum Gasteiger partial charge on any atom is -0.391 e. The van der Waals surface area contributed by atoms with E-state index in [0.717, 1.165) is 23.6 Å². The van der Waals surface area contributed by atoms with Gasteiger partial charge in [0.2, 0.25) is 0 Å². The van der Waals surface area contributed by atoms with E-state index in [9.17, 15) is 5.11 Å². The molecule has 1 aromatic carbocycles. The highest BCUT2D eigenvalue weighted by molar-refractivity contribution is 6.31. The first-order valence-corrected chi connectivity index (χ1v) is 5.30. The van der Waals surface area contributed by atoms with Crippen LogP contribution in [0.25, 0.3) is 0 Å². The van der Waals surface area contributed by atoms with Crippen LogP contribution in [0.4, 0.5) is 0 Å². The van der Waals surface area contributed by atoms with Gasteiger partial charge >= 0.3 is 0 Å². The molecule has 1 saturated heterocycles. The maximum atomic E-state index is 9.83. The Morgan fingerprint density at radius 1 is 1.36 bits per heavy atom. The molecule has 1 heterocycles. The maximum absolute atomic E-state index is 9.83. The fourth-order valence-electron chi connectivity index (χ4n) is 1.98. The third-order valence-corrected chi connectivity index (χ3v) is 3.10. The molecule has 0 aromatic heterocycles. The summed E-state index contributed by atoms with van der Waals surface area (Å²) in [5.74, 6) is 0.185. The van der Waals surface area contributed by atoms with Gasteiger partial charge in [-0.2, -0.15) is 0 Å². The van der Waals surface area contributed by atoms with Crippen LogP contribution in [0.15, 0.2) is 24.3 Å². The molecule has 76 valence electrons. The summed E-state index contributed by atoms with van der Waals surface area (Å²) in [5, 5.41) is 13.7. The minimum absolute atomic E-state index is 0.185. The first-order chi connectivity index (χ1) is 6.79. The fraction of sp³-hybridized carbons (Fsp3) is 0.455. The van der Waals surface area contributed by atoms with Crippen LogP contribution < -0.4 is 5.32 Å². The van der Waals surface area contributed by atoms with Crippen molar-refractivity contribution < 1.29 is 5.11 Å². The molecule has 1 aromatic rings. The molecule has 3 heteroatoms. The van der Waals surface area contributed by atoms with Gasteiger partial charge in [-0.25, -0.2) is 0 Å². The lowest BCUT2D eigenvalue weighted by Gasteiger charge is -2.29. The SMILES string of the molecule is OC1CNCCC1c1ccccc1Cl. The molecule has 2 N–H and O–H groups in total. The Hall–Kier alpha value is -0.570. The molecular formula is C11H14ClNO. The molecule has 14 heavy (non-hydrogen) atoms. The monoisotopic (exact) mass is 211 g/mol. The highest BCUT2D eigenvalue weighted by atomic mass is 35.5. The van der Waals surface area contributed by atoms with Crippen molar-refractivity contribution in [2.24, 2.45) is 0 Å². The average Bonchev–Trinajstić information content (AvgIpc) is 2.20. The second-order valence-corrected chi connectivity index (χ2v) is 4.10. The van der Waals surface area contributed by atoms with Crippen molar-refractivity contribution in [3.63, 3.8) is 0 Å². The van der Waals surface area contributed by atoms with Gasteiger partial charge in [0.15, 0.2) is 0 Å². The Kier molecular flexibility index (Phi) is 3.06. The van der Waals surface area contributed by atoms with E-state index in [1.165, 1.54) is 0 Å². The first-order valence-electron chi connectivity index (χ1n) is 4.92. The van der Waals surface area contributed by atoms with Crippen LogP contribution in [0, 0.1) is 0 Å². The molecule has 1 aliphatic rings. The van der Waals surface area contributed by atoms with E-state index in [2.05, 4.69) is 5.32 Å². The Labute approximate surface area is 88.9 Å². The predicted octanol–water partition coefficient (Wildman–Crippen LogP) is 1.78. The van der Waals surface area contributed by atoms with E-state index in [1.807, 2.05) is 24.3 Å². The van der Waals surface area contributed by atoms with Crippen LogP contribution in [0.5, 0.6) is 0 Å². The smallest absolute Gasteiger partial charge is 0.0733 e. The second-order valence-electron chi connectivity index (χ2n) is 3.69. The topological polar surface area (TPSA) is 32.3 Å². The van der Waals surface area contributed by atoms with E-state index in [4.69, 9.17) is 11.6 Å². The molecule has 2 rings (SSSR count). The fourth-order valence-corrected chi connectivity index (χ4v) is 2.26. The lowest BCUT2D eigenvalue weighted by Crippen LogP contribution is -2.39. The van der Waals surface area contributed by atoms with E-state index in [-0.39, 0.29) is 12.0 Å². The summed E-state index contributed by atoms with van der Waals surface area (Å²) in [4.78, 5) is 0. The number of nitrogens with one attached hydrogen (secondary N) is 1. The maximum Gasteiger partial charge on any atom is 0.0733 e. The largest absolute Gasteiger partial charge is 0.391 e. The van der Waals surface area contributed by atoms with Crippen molar-refractivity contribution >= 4 is 11.6 Å². The molecule has 0 bridgehead atoms. The van der Waals surface area contributed by atoms with E-state index in [0.29, 0.717) is 6.54 Å². The zero-order chi connectivity index (χ0) is 9.97. The van der Waals surface area contributed by atoms with E-state index in [1.54, 1.807) is 0 Å². The van der Waals surface area contributed by atoms with Crippen molar-refractivity contribution in [1.29, 1.82) is 0 Å². The number of piperidine rings is 1. The van der Waals surface area contributed by atoms with Gasteiger partial charge in [-0.3, -0.25) is 0 Å². The van der Waals surface area contributed by atoms with Crippen LogP contribution in [0.2, 0.25) is 5.02 Å². The lowest BCUT2D eigenvalue weighted by atomic mass is 9.88. The molecule has 2 nitrogen and oxygen atoms in total. The van der Waals surface area contributed by atoms with Crippen molar-refractivity contribution in [2.75, 3.05) is 13.1 Å². The highest BCUT2D eigenvalue weighted by Gasteiger charge is 2.25. The summed E-state index contributed by atoms with van der Waals surface area (Å²) < 4.78 is 0. The zero-order valence-corrected chi connectivity index (χ0v) is 8.67. The number of aliphatic hydroxyl groups is 1. The predicted molar refractivity (Wildman–Crippen MR) is 57.7 cm³/mol. The van der Waals surface area contributed by atoms with Crippen LogP contribution in [0.1, 0.15) is 17.9 Å². The van der Waals surface area contributed by atoms with Gasteiger partial charge in [0.1, 0.15) is 0 Å².